The van der Waals surface area contributed by atoms with Crippen LogP contribution in [0.15, 0.2) is 33.5 Å². The molecule has 1 aromatic heterocycles. The first-order valence-corrected chi connectivity index (χ1v) is 8.02. The zero-order valence-corrected chi connectivity index (χ0v) is 13.9. The number of amides is 1. The first-order chi connectivity index (χ1) is 11.6. The number of fused-ring (bicyclic) bond motifs is 1. The number of piperazine rings is 1. The Morgan fingerprint density at radius 3 is 2.71 bits per heavy atom. The third-order valence-electron chi connectivity index (χ3n) is 4.03. The number of rotatable bonds is 4. The fourth-order valence-corrected chi connectivity index (χ4v) is 2.63. The smallest absolute Gasteiger partial charge is 0.349 e. The van der Waals surface area contributed by atoms with Crippen LogP contribution in [-0.2, 0) is 0 Å². The molecule has 1 aliphatic heterocycles. The number of hydrazine groups is 1. The van der Waals surface area contributed by atoms with Crippen molar-refractivity contribution in [3.05, 3.63) is 40.2 Å². The molecule has 1 amide bonds. The molecule has 2 aromatic rings. The summed E-state index contributed by atoms with van der Waals surface area (Å²) in [5, 5.41) is 2.51. The summed E-state index contributed by atoms with van der Waals surface area (Å²) in [6.45, 7) is 5.59. The van der Waals surface area contributed by atoms with Gasteiger partial charge >= 0.3 is 5.63 Å². The number of hydrogen-bond donors (Lipinski definition) is 1. The lowest BCUT2D eigenvalue weighted by molar-refractivity contribution is 0.0659. The number of nitrogens with one attached hydrogen (secondary N) is 1. The molecule has 0 bridgehead atoms. The number of ether oxygens (including phenoxy) is 1. The third-order valence-corrected chi connectivity index (χ3v) is 4.03. The number of carbonyl (C=O) groups is 1. The Hall–Kier alpha value is -2.38. The maximum absolute atomic E-state index is 12.4. The standard InChI is InChI=1S/C17H21N3O4/c1-3-23-13-5-4-12-10-14(17(22)24-15(12)11-13)16(21)18-20-8-6-19(2)7-9-20/h4-5,10-11H,3,6-9H2,1-2H3,(H,18,21). The van der Waals surface area contributed by atoms with E-state index in [1.807, 2.05) is 19.0 Å². The Bertz CT molecular complexity index is 794. The number of carbonyl (C=O) groups excluding carboxylic acids is 1. The minimum absolute atomic E-state index is 0.00517. The van der Waals surface area contributed by atoms with Crippen molar-refractivity contribution in [2.45, 2.75) is 6.92 Å². The quantitative estimate of drug-likeness (QED) is 0.845. The highest BCUT2D eigenvalue weighted by Gasteiger charge is 2.19. The van der Waals surface area contributed by atoms with Crippen LogP contribution in [0.1, 0.15) is 17.3 Å². The molecule has 1 aromatic carbocycles. The van der Waals surface area contributed by atoms with Gasteiger partial charge in [-0.25, -0.2) is 9.80 Å². The van der Waals surface area contributed by atoms with Gasteiger partial charge in [0.15, 0.2) is 0 Å². The van der Waals surface area contributed by atoms with Crippen LogP contribution in [0.4, 0.5) is 0 Å². The van der Waals surface area contributed by atoms with E-state index in [0.717, 1.165) is 26.2 Å². The van der Waals surface area contributed by atoms with Crippen LogP contribution in [0.5, 0.6) is 5.75 Å². The monoisotopic (exact) mass is 331 g/mol. The molecule has 0 saturated carbocycles. The van der Waals surface area contributed by atoms with Gasteiger partial charge in [0.25, 0.3) is 5.91 Å². The first-order valence-electron chi connectivity index (χ1n) is 8.02. The maximum Gasteiger partial charge on any atom is 0.349 e. The molecule has 1 aliphatic rings. The van der Waals surface area contributed by atoms with Gasteiger partial charge in [-0.05, 0) is 32.2 Å². The fourth-order valence-electron chi connectivity index (χ4n) is 2.63. The number of benzene rings is 1. The lowest BCUT2D eigenvalue weighted by Gasteiger charge is -2.32. The molecular weight excluding hydrogens is 310 g/mol. The molecule has 0 radical (unpaired) electrons. The second-order valence-corrected chi connectivity index (χ2v) is 5.81. The van der Waals surface area contributed by atoms with Crippen LogP contribution < -0.4 is 15.8 Å². The third kappa shape index (κ3) is 3.58. The molecule has 1 fully saturated rings. The van der Waals surface area contributed by atoms with Crippen LogP contribution in [0.3, 0.4) is 0 Å². The molecule has 7 nitrogen and oxygen atoms in total. The van der Waals surface area contributed by atoms with E-state index in [9.17, 15) is 9.59 Å². The first kappa shape index (κ1) is 16.5. The van der Waals surface area contributed by atoms with E-state index in [-0.39, 0.29) is 5.56 Å². The Balaban J connectivity index is 1.81. The predicted octanol–water partition coefficient (Wildman–Crippen LogP) is 1.08. The highest BCUT2D eigenvalue weighted by molar-refractivity contribution is 5.96. The summed E-state index contributed by atoms with van der Waals surface area (Å²) in [6.07, 6.45) is 0. The Morgan fingerprint density at radius 1 is 1.25 bits per heavy atom. The highest BCUT2D eigenvalue weighted by Crippen LogP contribution is 2.20. The molecule has 128 valence electrons. The summed E-state index contributed by atoms with van der Waals surface area (Å²) in [6, 6.07) is 6.77. The number of hydrogen-bond acceptors (Lipinski definition) is 6. The summed E-state index contributed by atoms with van der Waals surface area (Å²) in [5.41, 5.74) is 2.54. The molecule has 0 unspecified atom stereocenters. The summed E-state index contributed by atoms with van der Waals surface area (Å²) >= 11 is 0. The van der Waals surface area contributed by atoms with Crippen LogP contribution in [-0.4, -0.2) is 55.6 Å². The molecule has 24 heavy (non-hydrogen) atoms. The van der Waals surface area contributed by atoms with Crippen molar-refractivity contribution in [3.8, 4) is 5.75 Å². The molecule has 0 spiro atoms. The largest absolute Gasteiger partial charge is 0.494 e. The molecule has 1 saturated heterocycles. The molecule has 2 heterocycles. The van der Waals surface area contributed by atoms with Crippen LogP contribution in [0.25, 0.3) is 11.0 Å². The zero-order valence-electron chi connectivity index (χ0n) is 13.9. The van der Waals surface area contributed by atoms with Crippen molar-refractivity contribution >= 4 is 16.9 Å². The molecule has 0 aliphatic carbocycles. The van der Waals surface area contributed by atoms with Crippen LogP contribution >= 0.6 is 0 Å². The van der Waals surface area contributed by atoms with Crippen molar-refractivity contribution in [2.75, 3.05) is 39.8 Å². The average Bonchev–Trinajstić information content (AvgIpc) is 2.56. The van der Waals surface area contributed by atoms with Crippen molar-refractivity contribution in [1.29, 1.82) is 0 Å². The fraction of sp³-hybridized carbons (Fsp3) is 0.412. The van der Waals surface area contributed by atoms with Crippen LogP contribution in [0.2, 0.25) is 0 Å². The van der Waals surface area contributed by atoms with Crippen LogP contribution in [0, 0.1) is 0 Å². The second-order valence-electron chi connectivity index (χ2n) is 5.81. The average molecular weight is 331 g/mol. The Labute approximate surface area is 139 Å². The lowest BCUT2D eigenvalue weighted by Crippen LogP contribution is -2.53. The summed E-state index contributed by atoms with van der Waals surface area (Å²) < 4.78 is 10.7. The van der Waals surface area contributed by atoms with E-state index < -0.39 is 11.5 Å². The van der Waals surface area contributed by atoms with Gasteiger partial charge in [0, 0.05) is 37.6 Å². The van der Waals surface area contributed by atoms with Gasteiger partial charge in [0.2, 0.25) is 0 Å². The maximum atomic E-state index is 12.4. The summed E-state index contributed by atoms with van der Waals surface area (Å²) in [7, 11) is 2.04. The van der Waals surface area contributed by atoms with E-state index in [1.54, 1.807) is 24.3 Å². The molecule has 3 rings (SSSR count). The molecular formula is C17H21N3O4. The van der Waals surface area contributed by atoms with E-state index in [4.69, 9.17) is 9.15 Å². The predicted molar refractivity (Wildman–Crippen MR) is 90.2 cm³/mol. The SMILES string of the molecule is CCOc1ccc2cc(C(=O)NN3CCN(C)CC3)c(=O)oc2c1. The lowest BCUT2D eigenvalue weighted by atomic mass is 10.1. The zero-order chi connectivity index (χ0) is 17.1. The minimum atomic E-state index is -0.650. The normalized spacial score (nSPS) is 16.2. The van der Waals surface area contributed by atoms with Crippen molar-refractivity contribution in [1.82, 2.24) is 15.3 Å². The van der Waals surface area contributed by atoms with Gasteiger partial charge in [0.1, 0.15) is 16.9 Å². The van der Waals surface area contributed by atoms with Gasteiger partial charge in [-0.15, -0.1) is 0 Å². The van der Waals surface area contributed by atoms with Gasteiger partial charge in [-0.1, -0.05) is 0 Å². The molecule has 7 heteroatoms. The Morgan fingerprint density at radius 2 is 2.00 bits per heavy atom. The van der Waals surface area contributed by atoms with E-state index in [1.165, 1.54) is 0 Å². The molecule has 1 N–H and O–H groups in total. The van der Waals surface area contributed by atoms with E-state index >= 15 is 0 Å². The highest BCUT2D eigenvalue weighted by atomic mass is 16.5. The van der Waals surface area contributed by atoms with Gasteiger partial charge < -0.3 is 14.1 Å². The van der Waals surface area contributed by atoms with Gasteiger partial charge in [-0.2, -0.15) is 0 Å². The Kier molecular flexibility index (Phi) is 4.82. The minimum Gasteiger partial charge on any atom is -0.494 e. The van der Waals surface area contributed by atoms with Crippen molar-refractivity contribution in [3.63, 3.8) is 0 Å². The second kappa shape index (κ2) is 7.02. The molecule has 0 atom stereocenters. The van der Waals surface area contributed by atoms with E-state index in [0.29, 0.717) is 23.3 Å². The summed E-state index contributed by atoms with van der Waals surface area (Å²) in [4.78, 5) is 26.7. The van der Waals surface area contributed by atoms with Gasteiger partial charge in [0.05, 0.1) is 6.61 Å². The number of likely N-dealkylation sites (N-methyl/N-ethyl adjacent to an activating group) is 1. The van der Waals surface area contributed by atoms with E-state index in [2.05, 4.69) is 10.3 Å². The topological polar surface area (TPSA) is 75.0 Å². The van der Waals surface area contributed by atoms with Crippen molar-refractivity contribution < 1.29 is 13.9 Å². The summed E-state index contributed by atoms with van der Waals surface area (Å²) in [5.74, 6) is 0.187. The number of nitrogens with zero attached hydrogens (tertiary/aromatic N) is 2. The van der Waals surface area contributed by atoms with Gasteiger partial charge in [-0.3, -0.25) is 10.2 Å². The van der Waals surface area contributed by atoms with Crippen molar-refractivity contribution in [2.24, 2.45) is 0 Å².